The van der Waals surface area contributed by atoms with Gasteiger partial charge in [0, 0.05) is 25.6 Å². The minimum atomic E-state index is 0.141. The average molecular weight is 264 g/mol. The summed E-state index contributed by atoms with van der Waals surface area (Å²) < 4.78 is 15.7. The molecule has 0 atom stereocenters. The summed E-state index contributed by atoms with van der Waals surface area (Å²) in [5.74, 6) is 1.78. The maximum absolute atomic E-state index is 12.2. The first kappa shape index (κ1) is 13.9. The zero-order chi connectivity index (χ0) is 13.7. The molecule has 0 bridgehead atoms. The molecular formula is C15H20O4. The van der Waals surface area contributed by atoms with Crippen LogP contribution >= 0.6 is 0 Å². The molecule has 0 radical (unpaired) electrons. The van der Waals surface area contributed by atoms with Crippen LogP contribution in [0.25, 0.3) is 0 Å². The fourth-order valence-electron chi connectivity index (χ4n) is 2.36. The first-order chi connectivity index (χ1) is 9.24. The molecule has 1 aliphatic rings. The molecule has 2 rings (SSSR count). The van der Waals surface area contributed by atoms with Crippen LogP contribution in [-0.4, -0.2) is 33.2 Å². The number of hydrogen-bond acceptors (Lipinski definition) is 4. The number of carbonyl (C=O) groups excluding carboxylic acids is 1. The van der Waals surface area contributed by atoms with Crippen molar-refractivity contribution in [1.29, 1.82) is 0 Å². The Morgan fingerprint density at radius 1 is 1.21 bits per heavy atom. The van der Waals surface area contributed by atoms with Crippen molar-refractivity contribution in [3.05, 3.63) is 23.8 Å². The van der Waals surface area contributed by atoms with Gasteiger partial charge in [-0.15, -0.1) is 0 Å². The van der Waals surface area contributed by atoms with Crippen LogP contribution in [0.2, 0.25) is 0 Å². The van der Waals surface area contributed by atoms with Gasteiger partial charge in [0.1, 0.15) is 5.78 Å². The molecule has 0 amide bonds. The van der Waals surface area contributed by atoms with Crippen molar-refractivity contribution in [1.82, 2.24) is 0 Å². The molecule has 1 saturated heterocycles. The molecular weight excluding hydrogens is 244 g/mol. The van der Waals surface area contributed by atoms with Gasteiger partial charge in [-0.05, 0) is 30.5 Å². The fourth-order valence-corrected chi connectivity index (χ4v) is 2.36. The minimum Gasteiger partial charge on any atom is -0.493 e. The summed E-state index contributed by atoms with van der Waals surface area (Å²) in [7, 11) is 3.20. The quantitative estimate of drug-likeness (QED) is 0.818. The molecule has 1 aliphatic heterocycles. The number of carbonyl (C=O) groups is 1. The van der Waals surface area contributed by atoms with E-state index in [1.807, 2.05) is 18.2 Å². The SMILES string of the molecule is COc1ccc(CC(=O)C2CCOCC2)cc1OC. The molecule has 0 saturated carbocycles. The second kappa shape index (κ2) is 6.57. The number of hydrogen-bond donors (Lipinski definition) is 0. The summed E-state index contributed by atoms with van der Waals surface area (Å²) in [6.07, 6.45) is 2.13. The van der Waals surface area contributed by atoms with E-state index in [4.69, 9.17) is 14.2 Å². The summed E-state index contributed by atoms with van der Waals surface area (Å²) >= 11 is 0. The van der Waals surface area contributed by atoms with Crippen LogP contribution in [0.1, 0.15) is 18.4 Å². The van der Waals surface area contributed by atoms with Crippen LogP contribution in [0.15, 0.2) is 18.2 Å². The zero-order valence-electron chi connectivity index (χ0n) is 11.5. The molecule has 1 fully saturated rings. The Labute approximate surface area is 113 Å². The Kier molecular flexibility index (Phi) is 4.80. The predicted molar refractivity (Wildman–Crippen MR) is 71.8 cm³/mol. The molecule has 1 heterocycles. The van der Waals surface area contributed by atoms with Crippen molar-refractivity contribution in [3.8, 4) is 11.5 Å². The van der Waals surface area contributed by atoms with E-state index < -0.39 is 0 Å². The molecule has 4 heteroatoms. The third kappa shape index (κ3) is 3.47. The number of ketones is 1. The van der Waals surface area contributed by atoms with E-state index in [-0.39, 0.29) is 11.7 Å². The van der Waals surface area contributed by atoms with Crippen molar-refractivity contribution in [3.63, 3.8) is 0 Å². The monoisotopic (exact) mass is 264 g/mol. The highest BCUT2D eigenvalue weighted by Gasteiger charge is 2.21. The summed E-state index contributed by atoms with van der Waals surface area (Å²) in [5.41, 5.74) is 0.967. The van der Waals surface area contributed by atoms with E-state index >= 15 is 0 Å². The number of Topliss-reactive ketones (excluding diaryl/α,β-unsaturated/α-hetero) is 1. The van der Waals surface area contributed by atoms with Crippen molar-refractivity contribution < 1.29 is 19.0 Å². The molecule has 0 unspecified atom stereocenters. The topological polar surface area (TPSA) is 44.8 Å². The van der Waals surface area contributed by atoms with Gasteiger partial charge in [0.15, 0.2) is 11.5 Å². The van der Waals surface area contributed by atoms with Gasteiger partial charge in [-0.25, -0.2) is 0 Å². The fraction of sp³-hybridized carbons (Fsp3) is 0.533. The van der Waals surface area contributed by atoms with Gasteiger partial charge in [-0.3, -0.25) is 4.79 Å². The molecule has 0 N–H and O–H groups in total. The van der Waals surface area contributed by atoms with Crippen molar-refractivity contribution in [2.24, 2.45) is 5.92 Å². The molecule has 4 nitrogen and oxygen atoms in total. The summed E-state index contributed by atoms with van der Waals surface area (Å²) in [4.78, 5) is 12.2. The second-order valence-electron chi connectivity index (χ2n) is 4.72. The number of rotatable bonds is 5. The molecule has 1 aromatic rings. The molecule has 1 aromatic carbocycles. The van der Waals surface area contributed by atoms with Crippen molar-refractivity contribution in [2.75, 3.05) is 27.4 Å². The van der Waals surface area contributed by atoms with Gasteiger partial charge in [-0.2, -0.15) is 0 Å². The summed E-state index contributed by atoms with van der Waals surface area (Å²) in [5, 5.41) is 0. The number of benzene rings is 1. The highest BCUT2D eigenvalue weighted by atomic mass is 16.5. The lowest BCUT2D eigenvalue weighted by atomic mass is 9.91. The standard InChI is InChI=1S/C15H20O4/c1-17-14-4-3-11(10-15(14)18-2)9-13(16)12-5-7-19-8-6-12/h3-4,10,12H,5-9H2,1-2H3. The zero-order valence-corrected chi connectivity index (χ0v) is 11.5. The first-order valence-corrected chi connectivity index (χ1v) is 6.56. The molecule has 0 aliphatic carbocycles. The molecule has 104 valence electrons. The lowest BCUT2D eigenvalue weighted by Crippen LogP contribution is -2.24. The number of methoxy groups -OCH3 is 2. The van der Waals surface area contributed by atoms with E-state index in [2.05, 4.69) is 0 Å². The van der Waals surface area contributed by atoms with E-state index in [0.717, 1.165) is 18.4 Å². The van der Waals surface area contributed by atoms with E-state index in [1.54, 1.807) is 14.2 Å². The second-order valence-corrected chi connectivity index (χ2v) is 4.72. The van der Waals surface area contributed by atoms with E-state index in [9.17, 15) is 4.79 Å². The predicted octanol–water partition coefficient (Wildman–Crippen LogP) is 2.24. The molecule has 19 heavy (non-hydrogen) atoms. The first-order valence-electron chi connectivity index (χ1n) is 6.56. The van der Waals surface area contributed by atoms with E-state index in [0.29, 0.717) is 31.1 Å². The highest BCUT2D eigenvalue weighted by molar-refractivity contribution is 5.83. The van der Waals surface area contributed by atoms with Gasteiger partial charge < -0.3 is 14.2 Å². The lowest BCUT2D eigenvalue weighted by Gasteiger charge is -2.20. The Hall–Kier alpha value is -1.55. The van der Waals surface area contributed by atoms with E-state index in [1.165, 1.54) is 0 Å². The van der Waals surface area contributed by atoms with Crippen LogP contribution in [0.5, 0.6) is 11.5 Å². The normalized spacial score (nSPS) is 16.1. The molecule has 0 aromatic heterocycles. The van der Waals surface area contributed by atoms with Gasteiger partial charge in [0.05, 0.1) is 14.2 Å². The minimum absolute atomic E-state index is 0.141. The molecule has 0 spiro atoms. The van der Waals surface area contributed by atoms with Gasteiger partial charge in [0.25, 0.3) is 0 Å². The van der Waals surface area contributed by atoms with Gasteiger partial charge in [-0.1, -0.05) is 6.07 Å². The van der Waals surface area contributed by atoms with Crippen LogP contribution in [0.4, 0.5) is 0 Å². The summed E-state index contributed by atoms with van der Waals surface area (Å²) in [6.45, 7) is 1.39. The third-order valence-electron chi connectivity index (χ3n) is 3.50. The Morgan fingerprint density at radius 3 is 2.53 bits per heavy atom. The number of ether oxygens (including phenoxy) is 3. The van der Waals surface area contributed by atoms with Crippen LogP contribution in [0, 0.1) is 5.92 Å². The van der Waals surface area contributed by atoms with Crippen molar-refractivity contribution in [2.45, 2.75) is 19.3 Å². The van der Waals surface area contributed by atoms with Crippen LogP contribution in [-0.2, 0) is 16.0 Å². The maximum Gasteiger partial charge on any atom is 0.161 e. The largest absolute Gasteiger partial charge is 0.493 e. The average Bonchev–Trinajstić information content (AvgIpc) is 2.48. The van der Waals surface area contributed by atoms with Gasteiger partial charge in [0.2, 0.25) is 0 Å². The van der Waals surface area contributed by atoms with Crippen LogP contribution in [0.3, 0.4) is 0 Å². The highest BCUT2D eigenvalue weighted by Crippen LogP contribution is 2.28. The lowest BCUT2D eigenvalue weighted by molar-refractivity contribution is -0.125. The van der Waals surface area contributed by atoms with Gasteiger partial charge >= 0.3 is 0 Å². The summed E-state index contributed by atoms with van der Waals surface area (Å²) in [6, 6.07) is 5.63. The van der Waals surface area contributed by atoms with Crippen molar-refractivity contribution >= 4 is 5.78 Å². The third-order valence-corrected chi connectivity index (χ3v) is 3.50. The maximum atomic E-state index is 12.2. The Morgan fingerprint density at radius 2 is 1.89 bits per heavy atom. The Balaban J connectivity index is 2.03. The smallest absolute Gasteiger partial charge is 0.161 e. The Bertz CT molecular complexity index is 436. The van der Waals surface area contributed by atoms with Crippen LogP contribution < -0.4 is 9.47 Å².